The van der Waals surface area contributed by atoms with Crippen LogP contribution in [-0.4, -0.2) is 96.7 Å². The lowest BCUT2D eigenvalue weighted by molar-refractivity contribution is -0.161. The fraction of sp³-hybridized carbons (Fsp3) is 0.946. The maximum atomic E-state index is 13.1. The maximum absolute atomic E-state index is 13.1. The molecule has 93 heavy (non-hydrogen) atoms. The lowest BCUT2D eigenvalue weighted by Crippen LogP contribution is -2.30. The Morgan fingerprint density at radius 3 is 0.763 bits per heavy atom. The molecule has 552 valence electrons. The highest BCUT2D eigenvalue weighted by atomic mass is 31.2. The number of aliphatic hydroxyl groups excluding tert-OH is 1. The van der Waals surface area contributed by atoms with Gasteiger partial charge >= 0.3 is 39.5 Å². The van der Waals surface area contributed by atoms with Gasteiger partial charge < -0.3 is 33.8 Å². The maximum Gasteiger partial charge on any atom is 0.472 e. The van der Waals surface area contributed by atoms with Crippen LogP contribution in [-0.2, 0) is 65.4 Å². The first kappa shape index (κ1) is 91.1. The number of hydrogen-bond acceptors (Lipinski definition) is 15. The molecule has 0 radical (unpaired) electrons. The van der Waals surface area contributed by atoms with Crippen molar-refractivity contribution < 1.29 is 80.2 Å². The Bertz CT molecular complexity index is 1840. The molecule has 0 bridgehead atoms. The molecule has 7 atom stereocenters. The summed E-state index contributed by atoms with van der Waals surface area (Å²) < 4.78 is 68.4. The second kappa shape index (κ2) is 63.5. The van der Waals surface area contributed by atoms with E-state index in [1.807, 2.05) is 0 Å². The third kappa shape index (κ3) is 65.8. The first-order valence-corrected chi connectivity index (χ1v) is 41.3. The van der Waals surface area contributed by atoms with Crippen molar-refractivity contribution in [1.29, 1.82) is 0 Å². The van der Waals surface area contributed by atoms with Crippen LogP contribution in [0.3, 0.4) is 0 Å². The van der Waals surface area contributed by atoms with Gasteiger partial charge in [-0.3, -0.25) is 37.3 Å². The molecule has 17 nitrogen and oxygen atoms in total. The van der Waals surface area contributed by atoms with E-state index in [0.717, 1.165) is 114 Å². The molecule has 0 aliphatic carbocycles. The van der Waals surface area contributed by atoms with Crippen molar-refractivity contribution in [2.45, 2.75) is 388 Å². The van der Waals surface area contributed by atoms with Crippen LogP contribution in [0.5, 0.6) is 0 Å². The van der Waals surface area contributed by atoms with Crippen molar-refractivity contribution in [2.24, 2.45) is 23.7 Å². The molecule has 0 aromatic carbocycles. The Morgan fingerprint density at radius 1 is 0.301 bits per heavy atom. The number of phosphoric ester groups is 2. The van der Waals surface area contributed by atoms with E-state index in [1.165, 1.54) is 167 Å². The molecule has 0 spiro atoms. The van der Waals surface area contributed by atoms with Gasteiger partial charge in [0.2, 0.25) is 0 Å². The van der Waals surface area contributed by atoms with Crippen LogP contribution >= 0.6 is 15.6 Å². The summed E-state index contributed by atoms with van der Waals surface area (Å²) in [6.45, 7) is 14.2. The molecule has 0 aliphatic rings. The van der Waals surface area contributed by atoms with E-state index in [4.69, 9.17) is 37.0 Å². The average molecular weight is 1370 g/mol. The van der Waals surface area contributed by atoms with Crippen LogP contribution in [0.4, 0.5) is 0 Å². The Morgan fingerprint density at radius 2 is 0.516 bits per heavy atom. The second-order valence-corrected chi connectivity index (χ2v) is 31.0. The quantitative estimate of drug-likeness (QED) is 0.0222. The van der Waals surface area contributed by atoms with Gasteiger partial charge in [0.1, 0.15) is 19.3 Å². The van der Waals surface area contributed by atoms with E-state index in [-0.39, 0.29) is 25.7 Å². The molecule has 3 N–H and O–H groups in total. The normalized spacial score (nSPS) is 14.8. The zero-order chi connectivity index (χ0) is 68.9. The zero-order valence-corrected chi connectivity index (χ0v) is 62.7. The summed E-state index contributed by atoms with van der Waals surface area (Å²) in [5.74, 6) is 0.943. The third-order valence-corrected chi connectivity index (χ3v) is 19.7. The molecule has 4 unspecified atom stereocenters. The fourth-order valence-corrected chi connectivity index (χ4v) is 12.7. The Labute approximate surface area is 568 Å². The molecule has 0 saturated carbocycles. The van der Waals surface area contributed by atoms with Gasteiger partial charge in [-0.15, -0.1) is 0 Å². The number of unbranched alkanes of at least 4 members (excludes halogenated alkanes) is 35. The summed E-state index contributed by atoms with van der Waals surface area (Å²) in [5.41, 5.74) is 0. The number of rotatable bonds is 71. The highest BCUT2D eigenvalue weighted by Crippen LogP contribution is 2.45. The van der Waals surface area contributed by atoms with Crippen molar-refractivity contribution in [3.8, 4) is 0 Å². The molecule has 0 aromatic rings. The molecule has 0 aromatic heterocycles. The highest BCUT2D eigenvalue weighted by molar-refractivity contribution is 7.47. The average Bonchev–Trinajstić information content (AvgIpc) is 2.80. The first-order chi connectivity index (χ1) is 44.7. The molecule has 0 fully saturated rings. The molecule has 0 rings (SSSR count). The van der Waals surface area contributed by atoms with Crippen LogP contribution in [0.1, 0.15) is 370 Å². The van der Waals surface area contributed by atoms with E-state index in [1.54, 1.807) is 0 Å². The van der Waals surface area contributed by atoms with E-state index in [0.29, 0.717) is 31.6 Å². The number of phosphoric acid groups is 2. The standard InChI is InChI=1S/C74H144O17P2/c1-9-66(7)52-44-36-27-21-15-13-11-12-14-16-23-29-38-46-54-71(76)84-60-69(90-73(78)56-48-40-30-24-18-17-22-28-37-45-53-67(8)10-2)62-88-92(80,81)86-58-68(75)59-87-93(82,83)89-63-70(61-85-72(77)55-47-39-33-32-35-43-51-65(5)6)91-74(79)57-49-41-31-25-19-20-26-34-42-50-64(3)4/h64-70,75H,9-63H2,1-8H3,(H,80,81)(H,82,83)/t66?,67?,68-,69-,70-/m1/s1. The molecule has 19 heteroatoms. The van der Waals surface area contributed by atoms with Crippen molar-refractivity contribution in [3.63, 3.8) is 0 Å². The summed E-state index contributed by atoms with van der Waals surface area (Å²) in [6.07, 6.45) is 47.2. The number of carbonyl (C=O) groups is 4. The molecule has 0 saturated heterocycles. The monoisotopic (exact) mass is 1370 g/mol. The van der Waals surface area contributed by atoms with Crippen molar-refractivity contribution in [3.05, 3.63) is 0 Å². The Balaban J connectivity index is 5.23. The van der Waals surface area contributed by atoms with E-state index in [9.17, 15) is 43.2 Å². The smallest absolute Gasteiger partial charge is 0.462 e. The summed E-state index contributed by atoms with van der Waals surface area (Å²) in [5, 5.41) is 10.6. The first-order valence-electron chi connectivity index (χ1n) is 38.3. The van der Waals surface area contributed by atoms with Crippen LogP contribution < -0.4 is 0 Å². The van der Waals surface area contributed by atoms with Gasteiger partial charge in [-0.1, -0.05) is 319 Å². The van der Waals surface area contributed by atoms with Gasteiger partial charge in [-0.05, 0) is 49.4 Å². The summed E-state index contributed by atoms with van der Waals surface area (Å²) >= 11 is 0. The SMILES string of the molecule is CCC(C)CCCCCCCCCCCCCCCCC(=O)OC[C@H](COP(=O)(O)OC[C@@H](O)COP(=O)(O)OC[C@@H](COC(=O)CCCCCCCCC(C)C)OC(=O)CCCCCCCCCCCC(C)C)OC(=O)CCCCCCCCCCCCC(C)CC. The third-order valence-electron chi connectivity index (χ3n) is 17.8. The van der Waals surface area contributed by atoms with Gasteiger partial charge in [0.05, 0.1) is 26.4 Å². The van der Waals surface area contributed by atoms with Crippen molar-refractivity contribution >= 4 is 39.5 Å². The minimum atomic E-state index is -4.96. The van der Waals surface area contributed by atoms with Crippen molar-refractivity contribution in [1.82, 2.24) is 0 Å². The minimum absolute atomic E-state index is 0.104. The van der Waals surface area contributed by atoms with Crippen LogP contribution in [0.25, 0.3) is 0 Å². The largest absolute Gasteiger partial charge is 0.472 e. The number of ether oxygens (including phenoxy) is 4. The van der Waals surface area contributed by atoms with E-state index in [2.05, 4.69) is 55.4 Å². The molecule has 0 heterocycles. The van der Waals surface area contributed by atoms with Gasteiger partial charge in [0.25, 0.3) is 0 Å². The highest BCUT2D eigenvalue weighted by Gasteiger charge is 2.30. The number of hydrogen-bond donors (Lipinski definition) is 3. The summed E-state index contributed by atoms with van der Waals surface area (Å²) in [6, 6.07) is 0. The lowest BCUT2D eigenvalue weighted by atomic mass is 9.99. The van der Waals surface area contributed by atoms with Gasteiger partial charge in [0.15, 0.2) is 12.2 Å². The van der Waals surface area contributed by atoms with Crippen LogP contribution in [0, 0.1) is 23.7 Å². The van der Waals surface area contributed by atoms with E-state index >= 15 is 0 Å². The fourth-order valence-electron chi connectivity index (χ4n) is 11.1. The van der Waals surface area contributed by atoms with Gasteiger partial charge in [-0.25, -0.2) is 9.13 Å². The van der Waals surface area contributed by atoms with Crippen molar-refractivity contribution in [2.75, 3.05) is 39.6 Å². The Hall–Kier alpha value is -1.94. The zero-order valence-electron chi connectivity index (χ0n) is 60.9. The van der Waals surface area contributed by atoms with Gasteiger partial charge in [-0.2, -0.15) is 0 Å². The molecule has 0 amide bonds. The van der Waals surface area contributed by atoms with Crippen LogP contribution in [0.15, 0.2) is 0 Å². The molecular weight excluding hydrogens is 1220 g/mol. The predicted octanol–water partition coefficient (Wildman–Crippen LogP) is 21.3. The summed E-state index contributed by atoms with van der Waals surface area (Å²) in [4.78, 5) is 72.7. The topological polar surface area (TPSA) is 237 Å². The Kier molecular flexibility index (Phi) is 62.2. The summed E-state index contributed by atoms with van der Waals surface area (Å²) in [7, 11) is -9.91. The van der Waals surface area contributed by atoms with E-state index < -0.39 is 97.5 Å². The number of aliphatic hydroxyl groups is 1. The molecule has 0 aliphatic heterocycles. The predicted molar refractivity (Wildman–Crippen MR) is 377 cm³/mol. The van der Waals surface area contributed by atoms with Gasteiger partial charge in [0, 0.05) is 25.7 Å². The lowest BCUT2D eigenvalue weighted by Gasteiger charge is -2.21. The number of carbonyl (C=O) groups excluding carboxylic acids is 4. The minimum Gasteiger partial charge on any atom is -0.462 e. The second-order valence-electron chi connectivity index (χ2n) is 28.1. The molecular formula is C74H144O17P2. The number of esters is 4. The van der Waals surface area contributed by atoms with Crippen LogP contribution in [0.2, 0.25) is 0 Å².